The monoisotopic (exact) mass is 420 g/mol. The Hall–Kier alpha value is -2.71. The molecule has 2 N–H and O–H groups in total. The van der Waals surface area contributed by atoms with Crippen molar-refractivity contribution in [2.24, 2.45) is 5.92 Å². The second-order valence-corrected chi connectivity index (χ2v) is 7.83. The van der Waals surface area contributed by atoms with Crippen molar-refractivity contribution in [1.29, 1.82) is 0 Å². The minimum Gasteiger partial charge on any atom is -0.466 e. The van der Waals surface area contributed by atoms with Crippen molar-refractivity contribution < 1.29 is 38.5 Å². The molecule has 0 unspecified atom stereocenters. The Morgan fingerprint density at radius 3 is 2.47 bits per heavy atom. The molecule has 3 atom stereocenters. The molecule has 8 nitrogen and oxygen atoms in total. The molecule has 2 rings (SSSR count). The van der Waals surface area contributed by atoms with Gasteiger partial charge in [-0.15, -0.1) is 0 Å². The second kappa shape index (κ2) is 9.40. The second-order valence-electron chi connectivity index (χ2n) is 7.83. The van der Waals surface area contributed by atoms with E-state index in [0.717, 1.165) is 5.57 Å². The molecule has 1 aliphatic rings. The minimum absolute atomic E-state index is 0.0518. The van der Waals surface area contributed by atoms with E-state index < -0.39 is 35.8 Å². The van der Waals surface area contributed by atoms with E-state index in [2.05, 4.69) is 6.58 Å². The van der Waals surface area contributed by atoms with Gasteiger partial charge in [0.05, 0.1) is 14.2 Å². The molecular formula is C22H28O8. The first kappa shape index (κ1) is 23.6. The van der Waals surface area contributed by atoms with E-state index >= 15 is 0 Å². The van der Waals surface area contributed by atoms with Crippen molar-refractivity contribution in [3.05, 3.63) is 47.0 Å². The fourth-order valence-corrected chi connectivity index (χ4v) is 3.42. The largest absolute Gasteiger partial charge is 0.466 e. The van der Waals surface area contributed by atoms with Gasteiger partial charge in [-0.05, 0) is 32.3 Å². The first-order chi connectivity index (χ1) is 14.0. The number of methoxy groups -OCH3 is 2. The first-order valence-electron chi connectivity index (χ1n) is 9.56. The number of carbonyl (C=O) groups excluding carboxylic acids is 3. The van der Waals surface area contributed by atoms with Gasteiger partial charge in [-0.2, -0.15) is 0 Å². The number of rotatable bonds is 3. The summed E-state index contributed by atoms with van der Waals surface area (Å²) in [5.74, 6) is -1.76. The van der Waals surface area contributed by atoms with Crippen LogP contribution in [0.1, 0.15) is 61.1 Å². The highest BCUT2D eigenvalue weighted by Gasteiger charge is 2.38. The number of aliphatic hydroxyl groups excluding tert-OH is 1. The van der Waals surface area contributed by atoms with E-state index in [0.29, 0.717) is 6.42 Å². The van der Waals surface area contributed by atoms with Gasteiger partial charge in [0.15, 0.2) is 0 Å². The van der Waals surface area contributed by atoms with E-state index in [-0.39, 0.29) is 41.4 Å². The molecule has 0 amide bonds. The van der Waals surface area contributed by atoms with Crippen LogP contribution in [0.3, 0.4) is 0 Å². The number of allylic oxidation sites excluding steroid dienone is 2. The summed E-state index contributed by atoms with van der Waals surface area (Å²) in [6, 6.07) is 1.32. The number of aliphatic hydroxyl groups is 2. The number of ether oxygens (including phenoxy) is 2. The summed E-state index contributed by atoms with van der Waals surface area (Å²) in [6.07, 6.45) is -0.0535. The molecule has 2 bridgehead atoms. The molecule has 1 aromatic heterocycles. The zero-order chi connectivity index (χ0) is 22.6. The lowest BCUT2D eigenvalue weighted by Crippen LogP contribution is -2.35. The fraction of sp³-hybridized carbons (Fsp3) is 0.500. The first-order valence-corrected chi connectivity index (χ1v) is 9.56. The van der Waals surface area contributed by atoms with E-state index in [1.54, 1.807) is 13.0 Å². The Bertz CT molecular complexity index is 874. The molecule has 0 aromatic carbocycles. The van der Waals surface area contributed by atoms with Gasteiger partial charge in [-0.3, -0.25) is 4.79 Å². The van der Waals surface area contributed by atoms with Gasteiger partial charge >= 0.3 is 11.9 Å². The van der Waals surface area contributed by atoms with Crippen molar-refractivity contribution in [1.82, 2.24) is 0 Å². The van der Waals surface area contributed by atoms with Crippen molar-refractivity contribution in [3.8, 4) is 0 Å². The zero-order valence-electron chi connectivity index (χ0n) is 17.7. The normalized spacial score (nSPS) is 27.0. The van der Waals surface area contributed by atoms with E-state index in [1.807, 2.05) is 0 Å². The van der Waals surface area contributed by atoms with Crippen molar-refractivity contribution in [2.75, 3.05) is 14.2 Å². The van der Waals surface area contributed by atoms with Crippen LogP contribution in [0.4, 0.5) is 0 Å². The highest BCUT2D eigenvalue weighted by Crippen LogP contribution is 2.35. The SMILES string of the molecule is C=C(C)[C@H]1C/C=C(/C(=O)OC)CC(=O)C[C@@](C)(O)[C@@H](O)c2cc(C(=O)OC)c(o2)C1. The number of esters is 2. The number of Topliss-reactive ketones (excluding diaryl/α,β-unsaturated/α-hetero) is 1. The van der Waals surface area contributed by atoms with Gasteiger partial charge in [0.25, 0.3) is 0 Å². The maximum absolute atomic E-state index is 12.5. The lowest BCUT2D eigenvalue weighted by Gasteiger charge is -2.27. The number of ketones is 1. The molecule has 0 radical (unpaired) electrons. The molecule has 2 heterocycles. The number of furan rings is 1. The third-order valence-electron chi connectivity index (χ3n) is 5.26. The summed E-state index contributed by atoms with van der Waals surface area (Å²) >= 11 is 0. The molecule has 0 fully saturated rings. The average molecular weight is 420 g/mol. The van der Waals surface area contributed by atoms with Crippen LogP contribution in [0.15, 0.2) is 34.3 Å². The van der Waals surface area contributed by atoms with Crippen LogP contribution in [0.2, 0.25) is 0 Å². The molecule has 0 saturated carbocycles. The Morgan fingerprint density at radius 2 is 1.90 bits per heavy atom. The van der Waals surface area contributed by atoms with E-state index in [1.165, 1.54) is 27.2 Å². The molecule has 8 heteroatoms. The lowest BCUT2D eigenvalue weighted by molar-refractivity contribution is -0.138. The van der Waals surface area contributed by atoms with Gasteiger partial charge < -0.3 is 24.1 Å². The van der Waals surface area contributed by atoms with Crippen LogP contribution in [0.5, 0.6) is 0 Å². The average Bonchev–Trinajstić information content (AvgIpc) is 3.10. The number of hydrogen-bond donors (Lipinski definition) is 2. The molecule has 1 aliphatic heterocycles. The molecule has 1 aromatic rings. The van der Waals surface area contributed by atoms with E-state index in [9.17, 15) is 24.6 Å². The molecule has 0 saturated heterocycles. The summed E-state index contributed by atoms with van der Waals surface area (Å²) in [5.41, 5.74) is -0.833. The van der Waals surface area contributed by atoms with Crippen molar-refractivity contribution in [2.45, 2.75) is 51.2 Å². The molecular weight excluding hydrogens is 392 g/mol. The third-order valence-corrected chi connectivity index (χ3v) is 5.26. The Kier molecular flexibility index (Phi) is 7.39. The number of hydrogen-bond acceptors (Lipinski definition) is 8. The van der Waals surface area contributed by atoms with Gasteiger partial charge in [0.1, 0.15) is 34.6 Å². The molecule has 30 heavy (non-hydrogen) atoms. The fourth-order valence-electron chi connectivity index (χ4n) is 3.42. The highest BCUT2D eigenvalue weighted by atomic mass is 16.5. The molecule has 0 aliphatic carbocycles. The van der Waals surface area contributed by atoms with Crippen molar-refractivity contribution >= 4 is 17.7 Å². The van der Waals surface area contributed by atoms with Gasteiger partial charge in [-0.1, -0.05) is 18.2 Å². The third kappa shape index (κ3) is 5.25. The van der Waals surface area contributed by atoms with Crippen LogP contribution in [-0.4, -0.2) is 47.8 Å². The van der Waals surface area contributed by atoms with Crippen LogP contribution in [0, 0.1) is 5.92 Å². The van der Waals surface area contributed by atoms with Crippen LogP contribution >= 0.6 is 0 Å². The van der Waals surface area contributed by atoms with Crippen LogP contribution < -0.4 is 0 Å². The summed E-state index contributed by atoms with van der Waals surface area (Å²) in [5, 5.41) is 21.4. The van der Waals surface area contributed by atoms with Gasteiger partial charge in [0, 0.05) is 24.8 Å². The maximum atomic E-state index is 12.5. The predicted molar refractivity (Wildman–Crippen MR) is 107 cm³/mol. The minimum atomic E-state index is -1.89. The maximum Gasteiger partial charge on any atom is 0.341 e. The standard InChI is InChI=1S/C22H28O8/c1-12(2)13-6-7-14(20(25)28-4)8-15(23)11-22(3,27)19(24)18-10-16(21(26)29-5)17(9-13)30-18/h7,10,13,19,24,27H,1,6,8-9,11H2,2-5H3/b14-7+/t13-,19-,22+/m0/s1. The Balaban J connectivity index is 2.60. The summed E-state index contributed by atoms with van der Waals surface area (Å²) in [6.45, 7) is 7.06. The van der Waals surface area contributed by atoms with Crippen LogP contribution in [-0.2, 0) is 25.5 Å². The smallest absolute Gasteiger partial charge is 0.341 e. The number of carbonyl (C=O) groups is 3. The van der Waals surface area contributed by atoms with Crippen LogP contribution in [0.25, 0.3) is 0 Å². The lowest BCUT2D eigenvalue weighted by atomic mass is 9.87. The quantitative estimate of drug-likeness (QED) is 0.565. The topological polar surface area (TPSA) is 123 Å². The Morgan fingerprint density at radius 1 is 1.27 bits per heavy atom. The summed E-state index contributed by atoms with van der Waals surface area (Å²) in [7, 11) is 2.45. The molecule has 0 spiro atoms. The number of fused-ring (bicyclic) bond motifs is 2. The molecule has 164 valence electrons. The summed E-state index contributed by atoms with van der Waals surface area (Å²) in [4.78, 5) is 36.9. The predicted octanol–water partition coefficient (Wildman–Crippen LogP) is 2.44. The van der Waals surface area contributed by atoms with Gasteiger partial charge in [0.2, 0.25) is 0 Å². The highest BCUT2D eigenvalue weighted by molar-refractivity contribution is 5.96. The summed E-state index contributed by atoms with van der Waals surface area (Å²) < 4.78 is 15.3. The van der Waals surface area contributed by atoms with E-state index in [4.69, 9.17) is 13.9 Å². The van der Waals surface area contributed by atoms with Crippen molar-refractivity contribution in [3.63, 3.8) is 0 Å². The zero-order valence-corrected chi connectivity index (χ0v) is 17.7. The Labute approximate surface area is 175 Å². The van der Waals surface area contributed by atoms with Gasteiger partial charge in [-0.25, -0.2) is 9.59 Å².